The highest BCUT2D eigenvalue weighted by Gasteiger charge is 2.28. The predicted octanol–water partition coefficient (Wildman–Crippen LogP) is 4.51. The molecule has 25 heavy (non-hydrogen) atoms. The molecule has 1 aliphatic heterocycles. The molecular weight excluding hydrogens is 308 g/mol. The van der Waals surface area contributed by atoms with Crippen LogP contribution in [-0.4, -0.2) is 24.7 Å². The van der Waals surface area contributed by atoms with Crippen LogP contribution in [-0.2, 0) is 0 Å². The Kier molecular flexibility index (Phi) is 5.31. The van der Waals surface area contributed by atoms with Crippen molar-refractivity contribution in [3.8, 4) is 5.75 Å². The minimum atomic E-state index is 0.507. The first-order valence-electron chi connectivity index (χ1n) is 9.75. The Hall–Kier alpha value is -1.87. The van der Waals surface area contributed by atoms with E-state index in [2.05, 4.69) is 46.7 Å². The maximum Gasteiger partial charge on any atom is 0.141 e. The minimum Gasteiger partial charge on any atom is -0.491 e. The number of rotatable bonds is 5. The zero-order chi connectivity index (χ0) is 16.9. The van der Waals surface area contributed by atoms with Gasteiger partial charge in [0.2, 0.25) is 0 Å². The average Bonchev–Trinajstić information content (AvgIpc) is 3.22. The first-order chi connectivity index (χ1) is 12.4. The van der Waals surface area contributed by atoms with E-state index in [1.807, 2.05) is 12.3 Å². The molecule has 3 heteroatoms. The molecule has 0 bridgehead atoms. The molecular formula is C22H28N2O. The van der Waals surface area contributed by atoms with Gasteiger partial charge >= 0.3 is 0 Å². The highest BCUT2D eigenvalue weighted by atomic mass is 16.5. The van der Waals surface area contributed by atoms with E-state index in [0.717, 1.165) is 25.4 Å². The van der Waals surface area contributed by atoms with Gasteiger partial charge in [0.15, 0.2) is 0 Å². The van der Waals surface area contributed by atoms with E-state index in [0.29, 0.717) is 17.8 Å². The van der Waals surface area contributed by atoms with Crippen LogP contribution >= 0.6 is 0 Å². The van der Waals surface area contributed by atoms with Gasteiger partial charge in [-0.05, 0) is 49.4 Å². The van der Waals surface area contributed by atoms with E-state index in [1.54, 1.807) is 0 Å². The number of nitrogens with zero attached hydrogens (tertiary/aromatic N) is 1. The highest BCUT2D eigenvalue weighted by molar-refractivity contribution is 5.30. The molecule has 1 saturated carbocycles. The number of hydrogen-bond donors (Lipinski definition) is 1. The highest BCUT2D eigenvalue weighted by Crippen LogP contribution is 2.38. The van der Waals surface area contributed by atoms with E-state index >= 15 is 0 Å². The van der Waals surface area contributed by atoms with E-state index in [1.165, 1.54) is 43.4 Å². The van der Waals surface area contributed by atoms with Crippen molar-refractivity contribution in [3.63, 3.8) is 0 Å². The summed E-state index contributed by atoms with van der Waals surface area (Å²) in [6.07, 6.45) is 8.25. The van der Waals surface area contributed by atoms with Crippen LogP contribution in [0.5, 0.6) is 5.75 Å². The number of pyridine rings is 1. The van der Waals surface area contributed by atoms with Crippen molar-refractivity contribution in [2.24, 2.45) is 5.92 Å². The average molecular weight is 336 g/mol. The summed E-state index contributed by atoms with van der Waals surface area (Å²) >= 11 is 0. The summed E-state index contributed by atoms with van der Waals surface area (Å²) in [6.45, 7) is 2.88. The second kappa shape index (κ2) is 8.01. The molecule has 4 rings (SSSR count). The monoisotopic (exact) mass is 336 g/mol. The lowest BCUT2D eigenvalue weighted by molar-refractivity contribution is 0.194. The van der Waals surface area contributed by atoms with Crippen LogP contribution < -0.4 is 10.1 Å². The van der Waals surface area contributed by atoms with Crippen molar-refractivity contribution < 1.29 is 4.74 Å². The number of benzene rings is 1. The van der Waals surface area contributed by atoms with Gasteiger partial charge in [-0.1, -0.05) is 43.2 Å². The van der Waals surface area contributed by atoms with Crippen LogP contribution in [0.3, 0.4) is 0 Å². The van der Waals surface area contributed by atoms with Gasteiger partial charge in [-0.15, -0.1) is 0 Å². The fraction of sp³-hybridized carbons (Fsp3) is 0.500. The van der Waals surface area contributed by atoms with Gasteiger partial charge in [-0.3, -0.25) is 4.98 Å². The van der Waals surface area contributed by atoms with Crippen LogP contribution in [0.2, 0.25) is 0 Å². The Bertz CT molecular complexity index is 667. The van der Waals surface area contributed by atoms with E-state index in [-0.39, 0.29) is 0 Å². The Labute approximate surface area is 150 Å². The van der Waals surface area contributed by atoms with Gasteiger partial charge in [0.1, 0.15) is 5.75 Å². The molecule has 2 aromatic rings. The topological polar surface area (TPSA) is 34.1 Å². The lowest BCUT2D eigenvalue weighted by atomic mass is 9.81. The minimum absolute atomic E-state index is 0.507. The molecule has 3 nitrogen and oxygen atoms in total. The summed E-state index contributed by atoms with van der Waals surface area (Å²) in [5.74, 6) is 2.68. The van der Waals surface area contributed by atoms with Crippen molar-refractivity contribution in [1.29, 1.82) is 0 Å². The second-order valence-electron chi connectivity index (χ2n) is 7.45. The van der Waals surface area contributed by atoms with E-state index in [4.69, 9.17) is 4.74 Å². The molecule has 1 aromatic heterocycles. The summed E-state index contributed by atoms with van der Waals surface area (Å²) in [6, 6.07) is 15.0. The molecule has 1 aliphatic carbocycles. The van der Waals surface area contributed by atoms with Crippen molar-refractivity contribution in [1.82, 2.24) is 10.3 Å². The molecule has 0 spiro atoms. The summed E-state index contributed by atoms with van der Waals surface area (Å²) < 4.78 is 6.34. The molecule has 0 radical (unpaired) electrons. The van der Waals surface area contributed by atoms with Crippen LogP contribution in [0.4, 0.5) is 0 Å². The number of hydrogen-bond acceptors (Lipinski definition) is 3. The smallest absolute Gasteiger partial charge is 0.141 e. The zero-order valence-electron chi connectivity index (χ0n) is 14.9. The fourth-order valence-electron chi connectivity index (χ4n) is 4.46. The van der Waals surface area contributed by atoms with Crippen molar-refractivity contribution in [2.75, 3.05) is 19.7 Å². The lowest BCUT2D eigenvalue weighted by Crippen LogP contribution is -2.38. The van der Waals surface area contributed by atoms with Gasteiger partial charge < -0.3 is 10.1 Å². The second-order valence-corrected chi connectivity index (χ2v) is 7.45. The van der Waals surface area contributed by atoms with Crippen LogP contribution in [0, 0.1) is 5.92 Å². The molecule has 2 fully saturated rings. The molecule has 2 aliphatic rings. The fourth-order valence-corrected chi connectivity index (χ4v) is 4.46. The first kappa shape index (κ1) is 16.6. The third-order valence-electron chi connectivity index (χ3n) is 5.83. The SMILES string of the molecule is c1ccc(C2CCNCC2COc2cccnc2C2CCCC2)cc1. The summed E-state index contributed by atoms with van der Waals surface area (Å²) in [7, 11) is 0. The zero-order valence-corrected chi connectivity index (χ0v) is 14.9. The van der Waals surface area contributed by atoms with Crippen molar-refractivity contribution in [3.05, 3.63) is 59.9 Å². The van der Waals surface area contributed by atoms with Gasteiger partial charge in [0, 0.05) is 24.6 Å². The number of aromatic nitrogens is 1. The number of piperidine rings is 1. The lowest BCUT2D eigenvalue weighted by Gasteiger charge is -2.32. The molecule has 1 aromatic carbocycles. The van der Waals surface area contributed by atoms with E-state index < -0.39 is 0 Å². The standard InChI is InChI=1S/C22H28N2O/c1-2-7-17(8-3-1)20-12-14-23-15-19(20)16-25-21-11-6-13-24-22(21)18-9-4-5-10-18/h1-3,6-8,11,13,18-20,23H,4-5,9-10,12,14-16H2. The van der Waals surface area contributed by atoms with Gasteiger partial charge in [0.05, 0.1) is 12.3 Å². The quantitative estimate of drug-likeness (QED) is 0.872. The molecule has 0 amide bonds. The van der Waals surface area contributed by atoms with Crippen molar-refractivity contribution >= 4 is 0 Å². The third kappa shape index (κ3) is 3.87. The molecule has 1 saturated heterocycles. The Morgan fingerprint density at radius 2 is 1.84 bits per heavy atom. The Morgan fingerprint density at radius 1 is 1.00 bits per heavy atom. The Balaban J connectivity index is 1.46. The first-order valence-corrected chi connectivity index (χ1v) is 9.75. The van der Waals surface area contributed by atoms with Gasteiger partial charge in [-0.2, -0.15) is 0 Å². The van der Waals surface area contributed by atoms with Crippen molar-refractivity contribution in [2.45, 2.75) is 43.9 Å². The molecule has 2 heterocycles. The van der Waals surface area contributed by atoms with Crippen LogP contribution in [0.1, 0.15) is 55.2 Å². The van der Waals surface area contributed by atoms with Crippen LogP contribution in [0.15, 0.2) is 48.7 Å². The molecule has 1 N–H and O–H groups in total. The number of ether oxygens (including phenoxy) is 1. The summed E-state index contributed by atoms with van der Waals surface area (Å²) in [5.41, 5.74) is 2.62. The maximum absolute atomic E-state index is 6.34. The Morgan fingerprint density at radius 3 is 2.68 bits per heavy atom. The van der Waals surface area contributed by atoms with Crippen LogP contribution in [0.25, 0.3) is 0 Å². The largest absolute Gasteiger partial charge is 0.491 e. The molecule has 132 valence electrons. The normalized spacial score (nSPS) is 24.3. The predicted molar refractivity (Wildman–Crippen MR) is 101 cm³/mol. The third-order valence-corrected chi connectivity index (χ3v) is 5.83. The maximum atomic E-state index is 6.34. The number of nitrogens with one attached hydrogen (secondary N) is 1. The summed E-state index contributed by atoms with van der Waals surface area (Å²) in [5, 5.41) is 3.54. The van der Waals surface area contributed by atoms with Gasteiger partial charge in [-0.25, -0.2) is 0 Å². The van der Waals surface area contributed by atoms with E-state index in [9.17, 15) is 0 Å². The molecule has 2 unspecified atom stereocenters. The molecule has 2 atom stereocenters. The van der Waals surface area contributed by atoms with Gasteiger partial charge in [0.25, 0.3) is 0 Å². The summed E-state index contributed by atoms with van der Waals surface area (Å²) in [4.78, 5) is 4.66.